The topological polar surface area (TPSA) is 43.2 Å². The van der Waals surface area contributed by atoms with E-state index in [0.29, 0.717) is 0 Å². The highest BCUT2D eigenvalue weighted by molar-refractivity contribution is 5.74. The van der Waals surface area contributed by atoms with Crippen LogP contribution in [0.25, 0.3) is 11.0 Å². The predicted octanol–water partition coefficient (Wildman–Crippen LogP) is 2.50. The number of benzene rings is 1. The number of nitrogens with zero attached hydrogens (tertiary/aromatic N) is 4. The molecule has 1 aromatic carbocycles. The number of fused-ring (bicyclic) bond motifs is 1. The van der Waals surface area contributed by atoms with E-state index < -0.39 is 0 Å². The standard InChI is InChI=1S/C18H20N4O/c1-2-7-17-15(5-1)20-14-22(17)10-9-21-11-12-23-18(13-21)16-6-3-4-8-19-16/h1-8,14,18H,9-13H2. The fraction of sp³-hybridized carbons (Fsp3) is 0.333. The zero-order valence-corrected chi connectivity index (χ0v) is 13.0. The Balaban J connectivity index is 1.41. The molecule has 2 aromatic heterocycles. The van der Waals surface area contributed by atoms with Gasteiger partial charge in [-0.3, -0.25) is 9.88 Å². The molecule has 118 valence electrons. The SMILES string of the molecule is c1ccc(C2CN(CCn3cnc4ccccc43)CCO2)nc1. The van der Waals surface area contributed by atoms with E-state index in [1.54, 1.807) is 0 Å². The monoisotopic (exact) mass is 308 g/mol. The minimum Gasteiger partial charge on any atom is -0.369 e. The van der Waals surface area contributed by atoms with E-state index in [9.17, 15) is 0 Å². The quantitative estimate of drug-likeness (QED) is 0.743. The lowest BCUT2D eigenvalue weighted by atomic mass is 10.2. The van der Waals surface area contributed by atoms with Crippen molar-refractivity contribution >= 4 is 11.0 Å². The summed E-state index contributed by atoms with van der Waals surface area (Å²) in [5, 5.41) is 0. The van der Waals surface area contributed by atoms with Gasteiger partial charge >= 0.3 is 0 Å². The average molecular weight is 308 g/mol. The summed E-state index contributed by atoms with van der Waals surface area (Å²) in [4.78, 5) is 11.3. The van der Waals surface area contributed by atoms with Gasteiger partial charge < -0.3 is 9.30 Å². The molecule has 0 aliphatic carbocycles. The largest absolute Gasteiger partial charge is 0.369 e. The van der Waals surface area contributed by atoms with Crippen LogP contribution in [0.15, 0.2) is 55.0 Å². The first kappa shape index (κ1) is 14.4. The van der Waals surface area contributed by atoms with Crippen LogP contribution >= 0.6 is 0 Å². The molecular weight excluding hydrogens is 288 g/mol. The van der Waals surface area contributed by atoms with Crippen LogP contribution in [0.1, 0.15) is 11.8 Å². The van der Waals surface area contributed by atoms with Gasteiger partial charge in [0.2, 0.25) is 0 Å². The van der Waals surface area contributed by atoms with Crippen LogP contribution in [-0.2, 0) is 11.3 Å². The fourth-order valence-corrected chi connectivity index (χ4v) is 3.09. The van der Waals surface area contributed by atoms with Crippen LogP contribution in [0.2, 0.25) is 0 Å². The number of ether oxygens (including phenoxy) is 1. The second-order valence-corrected chi connectivity index (χ2v) is 5.84. The summed E-state index contributed by atoms with van der Waals surface area (Å²) in [6.07, 6.45) is 3.83. The highest BCUT2D eigenvalue weighted by Crippen LogP contribution is 2.20. The number of morpholine rings is 1. The lowest BCUT2D eigenvalue weighted by molar-refractivity contribution is -0.0328. The van der Waals surface area contributed by atoms with Gasteiger partial charge in [0.1, 0.15) is 6.10 Å². The predicted molar refractivity (Wildman–Crippen MR) is 89.1 cm³/mol. The Hall–Kier alpha value is -2.24. The molecule has 1 unspecified atom stereocenters. The normalized spacial score (nSPS) is 19.2. The number of imidazole rings is 1. The molecule has 3 aromatic rings. The van der Waals surface area contributed by atoms with Crippen molar-refractivity contribution in [2.45, 2.75) is 12.6 Å². The molecule has 0 saturated carbocycles. The maximum atomic E-state index is 5.88. The molecular formula is C18H20N4O. The smallest absolute Gasteiger partial charge is 0.112 e. The third-order valence-corrected chi connectivity index (χ3v) is 4.35. The van der Waals surface area contributed by atoms with Gasteiger partial charge in [-0.1, -0.05) is 18.2 Å². The first-order valence-electron chi connectivity index (χ1n) is 8.05. The number of hydrogen-bond donors (Lipinski definition) is 0. The van der Waals surface area contributed by atoms with Crippen molar-refractivity contribution in [2.75, 3.05) is 26.2 Å². The van der Waals surface area contributed by atoms with E-state index in [0.717, 1.165) is 44.0 Å². The first-order chi connectivity index (χ1) is 11.4. The molecule has 1 atom stereocenters. The molecule has 0 radical (unpaired) electrons. The third-order valence-electron chi connectivity index (χ3n) is 4.35. The van der Waals surface area contributed by atoms with Crippen LogP contribution in [0.3, 0.4) is 0 Å². The second kappa shape index (κ2) is 6.48. The maximum Gasteiger partial charge on any atom is 0.112 e. The summed E-state index contributed by atoms with van der Waals surface area (Å²) in [5.41, 5.74) is 3.27. The highest BCUT2D eigenvalue weighted by atomic mass is 16.5. The Kier molecular flexibility index (Phi) is 4.05. The molecule has 0 bridgehead atoms. The van der Waals surface area contributed by atoms with Gasteiger partial charge in [-0.2, -0.15) is 0 Å². The molecule has 1 fully saturated rings. The summed E-state index contributed by atoms with van der Waals surface area (Å²) < 4.78 is 8.10. The Morgan fingerprint density at radius 1 is 1.04 bits per heavy atom. The Morgan fingerprint density at radius 2 is 1.96 bits per heavy atom. The van der Waals surface area contributed by atoms with Gasteiger partial charge in [0.25, 0.3) is 0 Å². The van der Waals surface area contributed by atoms with Crippen molar-refractivity contribution in [1.29, 1.82) is 0 Å². The molecule has 5 heteroatoms. The minimum atomic E-state index is 0.0736. The summed E-state index contributed by atoms with van der Waals surface area (Å²) in [6.45, 7) is 4.55. The number of aromatic nitrogens is 3. The van der Waals surface area contributed by atoms with Crippen molar-refractivity contribution in [2.24, 2.45) is 0 Å². The van der Waals surface area contributed by atoms with Crippen LogP contribution in [0, 0.1) is 0 Å². The van der Waals surface area contributed by atoms with Crippen LogP contribution in [-0.4, -0.2) is 45.7 Å². The average Bonchev–Trinajstić information content (AvgIpc) is 3.04. The van der Waals surface area contributed by atoms with E-state index in [2.05, 4.69) is 37.6 Å². The minimum absolute atomic E-state index is 0.0736. The molecule has 4 rings (SSSR count). The van der Waals surface area contributed by atoms with E-state index in [1.165, 1.54) is 5.52 Å². The highest BCUT2D eigenvalue weighted by Gasteiger charge is 2.22. The Labute approximate surface area is 135 Å². The molecule has 23 heavy (non-hydrogen) atoms. The summed E-state index contributed by atoms with van der Waals surface area (Å²) in [6, 6.07) is 14.3. The molecule has 3 heterocycles. The van der Waals surface area contributed by atoms with Crippen molar-refractivity contribution in [1.82, 2.24) is 19.4 Å². The van der Waals surface area contributed by atoms with E-state index in [1.807, 2.05) is 36.8 Å². The summed E-state index contributed by atoms with van der Waals surface area (Å²) >= 11 is 0. The van der Waals surface area contributed by atoms with Gasteiger partial charge in [0.15, 0.2) is 0 Å². The molecule has 1 aliphatic rings. The lowest BCUT2D eigenvalue weighted by Crippen LogP contribution is -2.40. The van der Waals surface area contributed by atoms with Crippen LogP contribution < -0.4 is 0 Å². The van der Waals surface area contributed by atoms with Gasteiger partial charge in [0.05, 0.1) is 29.7 Å². The van der Waals surface area contributed by atoms with Crippen molar-refractivity contribution < 1.29 is 4.74 Å². The summed E-state index contributed by atoms with van der Waals surface area (Å²) in [5.74, 6) is 0. The van der Waals surface area contributed by atoms with E-state index in [4.69, 9.17) is 4.74 Å². The van der Waals surface area contributed by atoms with Crippen LogP contribution in [0.5, 0.6) is 0 Å². The first-order valence-corrected chi connectivity index (χ1v) is 8.05. The lowest BCUT2D eigenvalue weighted by Gasteiger charge is -2.32. The van der Waals surface area contributed by atoms with Crippen molar-refractivity contribution in [3.63, 3.8) is 0 Å². The van der Waals surface area contributed by atoms with Gasteiger partial charge in [-0.05, 0) is 24.3 Å². The second-order valence-electron chi connectivity index (χ2n) is 5.84. The third kappa shape index (κ3) is 3.11. The Morgan fingerprint density at radius 3 is 2.87 bits per heavy atom. The fourth-order valence-electron chi connectivity index (χ4n) is 3.09. The zero-order valence-electron chi connectivity index (χ0n) is 13.0. The molecule has 1 saturated heterocycles. The van der Waals surface area contributed by atoms with E-state index >= 15 is 0 Å². The Bertz CT molecular complexity index is 771. The van der Waals surface area contributed by atoms with Crippen molar-refractivity contribution in [3.8, 4) is 0 Å². The van der Waals surface area contributed by atoms with Gasteiger partial charge in [0, 0.05) is 32.4 Å². The van der Waals surface area contributed by atoms with Gasteiger partial charge in [-0.15, -0.1) is 0 Å². The molecule has 0 amide bonds. The summed E-state index contributed by atoms with van der Waals surface area (Å²) in [7, 11) is 0. The molecule has 0 spiro atoms. The maximum absolute atomic E-state index is 5.88. The molecule has 1 aliphatic heterocycles. The molecule has 0 N–H and O–H groups in total. The molecule has 5 nitrogen and oxygen atoms in total. The number of hydrogen-bond acceptors (Lipinski definition) is 4. The number of pyridine rings is 1. The van der Waals surface area contributed by atoms with E-state index in [-0.39, 0.29) is 6.10 Å². The van der Waals surface area contributed by atoms with Crippen molar-refractivity contribution in [3.05, 3.63) is 60.7 Å². The zero-order chi connectivity index (χ0) is 15.5. The number of para-hydroxylation sites is 2. The number of rotatable bonds is 4. The van der Waals surface area contributed by atoms with Crippen LogP contribution in [0.4, 0.5) is 0 Å². The van der Waals surface area contributed by atoms with Gasteiger partial charge in [-0.25, -0.2) is 4.98 Å².